The first-order valence-corrected chi connectivity index (χ1v) is 7.75. The van der Waals surface area contributed by atoms with E-state index in [2.05, 4.69) is 0 Å². The number of hydrogen-bond donors (Lipinski definition) is 1. The molecule has 0 aromatic heterocycles. The number of aliphatic hydroxyl groups excluding tert-OH is 1. The predicted molar refractivity (Wildman–Crippen MR) is 82.4 cm³/mol. The number of benzene rings is 1. The highest BCUT2D eigenvalue weighted by molar-refractivity contribution is 5.54. The maximum atomic E-state index is 10.1. The summed E-state index contributed by atoms with van der Waals surface area (Å²) in [6.45, 7) is 2.50. The minimum atomic E-state index is -0.192. The summed E-state index contributed by atoms with van der Waals surface area (Å²) >= 11 is 0. The lowest BCUT2D eigenvalue weighted by molar-refractivity contribution is 0.0699. The van der Waals surface area contributed by atoms with E-state index >= 15 is 0 Å². The van der Waals surface area contributed by atoms with Gasteiger partial charge in [-0.2, -0.15) is 0 Å². The molecule has 0 amide bonds. The van der Waals surface area contributed by atoms with Crippen molar-refractivity contribution < 1.29 is 19.3 Å². The average Bonchev–Trinajstić information content (AvgIpc) is 2.50. The zero-order valence-corrected chi connectivity index (χ0v) is 13.2. The first kappa shape index (κ1) is 16.0. The van der Waals surface area contributed by atoms with Crippen LogP contribution in [0.3, 0.4) is 0 Å². The molecule has 21 heavy (non-hydrogen) atoms. The Morgan fingerprint density at radius 1 is 1.10 bits per heavy atom. The lowest BCUT2D eigenvalue weighted by Gasteiger charge is -2.28. The molecule has 0 aliphatic heterocycles. The van der Waals surface area contributed by atoms with E-state index in [0.29, 0.717) is 29.8 Å². The topological polar surface area (TPSA) is 47.9 Å². The van der Waals surface area contributed by atoms with Crippen molar-refractivity contribution in [3.05, 3.63) is 17.7 Å². The zero-order chi connectivity index (χ0) is 15.2. The molecule has 1 aromatic rings. The van der Waals surface area contributed by atoms with Gasteiger partial charge in [-0.15, -0.1) is 0 Å². The van der Waals surface area contributed by atoms with Crippen LogP contribution in [0, 0.1) is 5.92 Å². The Morgan fingerprint density at radius 3 is 2.24 bits per heavy atom. The van der Waals surface area contributed by atoms with Gasteiger partial charge in [0, 0.05) is 0 Å². The quantitative estimate of drug-likeness (QED) is 0.875. The van der Waals surface area contributed by atoms with Gasteiger partial charge in [0.15, 0.2) is 11.5 Å². The summed E-state index contributed by atoms with van der Waals surface area (Å²) in [7, 11) is 3.27. The molecule has 2 unspecified atom stereocenters. The Morgan fingerprint density at radius 2 is 1.71 bits per heavy atom. The molecule has 2 rings (SSSR count). The van der Waals surface area contributed by atoms with Crippen LogP contribution >= 0.6 is 0 Å². The Labute approximate surface area is 127 Å². The fourth-order valence-corrected chi connectivity index (χ4v) is 3.07. The molecule has 2 atom stereocenters. The van der Waals surface area contributed by atoms with Crippen molar-refractivity contribution in [2.24, 2.45) is 5.92 Å². The highest BCUT2D eigenvalue weighted by Gasteiger charge is 2.24. The Balaban J connectivity index is 2.23. The van der Waals surface area contributed by atoms with E-state index in [1.807, 2.05) is 19.1 Å². The average molecular weight is 294 g/mol. The van der Waals surface area contributed by atoms with Crippen LogP contribution in [0.1, 0.15) is 38.2 Å². The summed E-state index contributed by atoms with van der Waals surface area (Å²) in [5, 5.41) is 10.1. The molecule has 4 heteroatoms. The number of methoxy groups -OCH3 is 2. The number of ether oxygens (including phenoxy) is 3. The summed E-state index contributed by atoms with van der Waals surface area (Å²) in [5.74, 6) is 2.36. The van der Waals surface area contributed by atoms with Crippen molar-refractivity contribution in [3.8, 4) is 17.2 Å². The van der Waals surface area contributed by atoms with Crippen LogP contribution in [-0.2, 0) is 6.42 Å². The molecule has 0 spiro atoms. The van der Waals surface area contributed by atoms with Gasteiger partial charge in [0.05, 0.1) is 26.9 Å². The van der Waals surface area contributed by atoms with Crippen LogP contribution in [0.4, 0.5) is 0 Å². The van der Waals surface area contributed by atoms with Crippen LogP contribution in [0.15, 0.2) is 12.1 Å². The second kappa shape index (κ2) is 7.55. The Hall–Kier alpha value is -1.42. The zero-order valence-electron chi connectivity index (χ0n) is 13.2. The van der Waals surface area contributed by atoms with E-state index < -0.39 is 0 Å². The number of aliphatic hydroxyl groups is 1. The summed E-state index contributed by atoms with van der Waals surface area (Å²) in [6, 6.07) is 3.99. The Bertz CT molecular complexity index is 433. The molecule has 0 heterocycles. The lowest BCUT2D eigenvalue weighted by atomic mass is 9.82. The van der Waals surface area contributed by atoms with Crippen LogP contribution in [0.25, 0.3) is 0 Å². The molecule has 0 bridgehead atoms. The Kier molecular flexibility index (Phi) is 5.74. The van der Waals surface area contributed by atoms with E-state index in [-0.39, 0.29) is 6.10 Å². The molecule has 4 nitrogen and oxygen atoms in total. The normalized spacial score (nSPS) is 21.9. The lowest BCUT2D eigenvalue weighted by Crippen LogP contribution is -2.26. The van der Waals surface area contributed by atoms with Gasteiger partial charge >= 0.3 is 0 Å². The van der Waals surface area contributed by atoms with Gasteiger partial charge in [0.25, 0.3) is 0 Å². The van der Waals surface area contributed by atoms with Gasteiger partial charge in [-0.3, -0.25) is 0 Å². The van der Waals surface area contributed by atoms with E-state index in [1.54, 1.807) is 14.2 Å². The van der Waals surface area contributed by atoms with Crippen LogP contribution < -0.4 is 14.2 Å². The molecule has 1 aliphatic rings. The van der Waals surface area contributed by atoms with E-state index in [9.17, 15) is 5.11 Å². The highest BCUT2D eigenvalue weighted by Crippen LogP contribution is 2.40. The molecule has 1 saturated carbocycles. The summed E-state index contributed by atoms with van der Waals surface area (Å²) in [5.41, 5.74) is 1.12. The van der Waals surface area contributed by atoms with Crippen molar-refractivity contribution >= 4 is 0 Å². The highest BCUT2D eigenvalue weighted by atomic mass is 16.5. The molecular formula is C17H26O4. The third kappa shape index (κ3) is 3.82. The van der Waals surface area contributed by atoms with Crippen molar-refractivity contribution in [1.29, 1.82) is 0 Å². The molecule has 1 N–H and O–H groups in total. The SMILES string of the molecule is CCOc1c(OC)cc(CC2CCCCC2O)cc1OC. The fourth-order valence-electron chi connectivity index (χ4n) is 3.07. The summed E-state index contributed by atoms with van der Waals surface area (Å²) in [6.07, 6.45) is 4.98. The van der Waals surface area contributed by atoms with Crippen molar-refractivity contribution in [2.45, 2.75) is 45.1 Å². The third-order valence-corrected chi connectivity index (χ3v) is 4.18. The maximum Gasteiger partial charge on any atom is 0.203 e. The smallest absolute Gasteiger partial charge is 0.203 e. The molecule has 0 radical (unpaired) electrons. The monoisotopic (exact) mass is 294 g/mol. The van der Waals surface area contributed by atoms with Crippen LogP contribution in [0.5, 0.6) is 17.2 Å². The fraction of sp³-hybridized carbons (Fsp3) is 0.647. The van der Waals surface area contributed by atoms with Gasteiger partial charge in [-0.05, 0) is 49.8 Å². The number of hydrogen-bond acceptors (Lipinski definition) is 4. The van der Waals surface area contributed by atoms with Gasteiger partial charge < -0.3 is 19.3 Å². The van der Waals surface area contributed by atoms with E-state index in [4.69, 9.17) is 14.2 Å². The maximum absolute atomic E-state index is 10.1. The molecule has 1 aromatic carbocycles. The van der Waals surface area contributed by atoms with E-state index in [1.165, 1.54) is 6.42 Å². The minimum absolute atomic E-state index is 0.192. The predicted octanol–water partition coefficient (Wildman–Crippen LogP) is 3.20. The van der Waals surface area contributed by atoms with Gasteiger partial charge in [-0.1, -0.05) is 12.8 Å². The molecular weight excluding hydrogens is 268 g/mol. The van der Waals surface area contributed by atoms with Crippen molar-refractivity contribution in [1.82, 2.24) is 0 Å². The molecule has 0 saturated heterocycles. The third-order valence-electron chi connectivity index (χ3n) is 4.18. The minimum Gasteiger partial charge on any atom is -0.493 e. The first-order chi connectivity index (χ1) is 10.2. The van der Waals surface area contributed by atoms with Crippen molar-refractivity contribution in [3.63, 3.8) is 0 Å². The number of rotatable bonds is 6. The summed E-state index contributed by atoms with van der Waals surface area (Å²) < 4.78 is 16.5. The summed E-state index contributed by atoms with van der Waals surface area (Å²) in [4.78, 5) is 0. The van der Waals surface area contributed by atoms with Gasteiger partial charge in [0.1, 0.15) is 0 Å². The van der Waals surface area contributed by atoms with Gasteiger partial charge in [0.2, 0.25) is 5.75 Å². The first-order valence-electron chi connectivity index (χ1n) is 7.75. The van der Waals surface area contributed by atoms with Gasteiger partial charge in [-0.25, -0.2) is 0 Å². The van der Waals surface area contributed by atoms with Crippen LogP contribution in [0.2, 0.25) is 0 Å². The van der Waals surface area contributed by atoms with Crippen molar-refractivity contribution in [2.75, 3.05) is 20.8 Å². The molecule has 1 fully saturated rings. The standard InChI is InChI=1S/C17H26O4/c1-4-21-17-15(19-2)10-12(11-16(17)20-3)9-13-7-5-6-8-14(13)18/h10-11,13-14,18H,4-9H2,1-3H3. The molecule has 118 valence electrons. The second-order valence-corrected chi connectivity index (χ2v) is 5.58. The van der Waals surface area contributed by atoms with Crippen LogP contribution in [-0.4, -0.2) is 32.0 Å². The second-order valence-electron chi connectivity index (χ2n) is 5.58. The molecule has 1 aliphatic carbocycles. The largest absolute Gasteiger partial charge is 0.493 e. The van der Waals surface area contributed by atoms with E-state index in [0.717, 1.165) is 31.2 Å².